The van der Waals surface area contributed by atoms with E-state index >= 15 is 0 Å². The summed E-state index contributed by atoms with van der Waals surface area (Å²) in [6.45, 7) is 1.58. The largest absolute Gasteiger partial charge is 0.353 e. The van der Waals surface area contributed by atoms with Crippen molar-refractivity contribution in [2.24, 2.45) is 5.92 Å². The third-order valence-corrected chi connectivity index (χ3v) is 5.11. The lowest BCUT2D eigenvalue weighted by molar-refractivity contribution is -0.139. The molecular weight excluding hydrogens is 288 g/mol. The fraction of sp³-hybridized carbons (Fsp3) is 0.579. The number of hydrogen-bond donors (Lipinski definition) is 1. The molecule has 1 aliphatic heterocycles. The van der Waals surface area contributed by atoms with Gasteiger partial charge in [-0.3, -0.25) is 9.59 Å². The van der Waals surface area contributed by atoms with E-state index in [1.165, 1.54) is 12.0 Å². The average Bonchev–Trinajstić information content (AvgIpc) is 2.53. The quantitative estimate of drug-likeness (QED) is 0.908. The molecule has 0 bridgehead atoms. The topological polar surface area (TPSA) is 49.4 Å². The molecule has 3 rings (SSSR count). The molecule has 1 aliphatic carbocycles. The summed E-state index contributed by atoms with van der Waals surface area (Å²) in [4.78, 5) is 26.3. The lowest BCUT2D eigenvalue weighted by atomic mass is 9.84. The van der Waals surface area contributed by atoms with Gasteiger partial charge in [0.1, 0.15) is 0 Å². The number of carbonyl (C=O) groups is 2. The molecule has 0 radical (unpaired) electrons. The maximum absolute atomic E-state index is 12.2. The van der Waals surface area contributed by atoms with Gasteiger partial charge in [0.05, 0.1) is 0 Å². The van der Waals surface area contributed by atoms with Gasteiger partial charge in [-0.2, -0.15) is 0 Å². The predicted molar refractivity (Wildman–Crippen MR) is 89.8 cm³/mol. The van der Waals surface area contributed by atoms with Crippen LogP contribution in [-0.2, 0) is 16.0 Å². The maximum atomic E-state index is 12.2. The molecule has 23 heavy (non-hydrogen) atoms. The summed E-state index contributed by atoms with van der Waals surface area (Å²) in [5.74, 6) is 0.745. The number of carbonyl (C=O) groups excluding carboxylic acids is 2. The van der Waals surface area contributed by atoms with Crippen molar-refractivity contribution in [3.05, 3.63) is 35.9 Å². The lowest BCUT2D eigenvalue weighted by Gasteiger charge is -2.36. The monoisotopic (exact) mass is 314 g/mol. The number of hydrogen-bond acceptors (Lipinski definition) is 2. The number of piperidine rings is 1. The SMILES string of the molecule is O=C(CCc1ccccc1)NC1CCN(C(=O)C2CCC2)CC1. The molecule has 2 amide bonds. The Morgan fingerprint density at radius 2 is 1.74 bits per heavy atom. The molecule has 1 N–H and O–H groups in total. The van der Waals surface area contributed by atoms with Crippen molar-refractivity contribution in [1.82, 2.24) is 10.2 Å². The number of nitrogens with one attached hydrogen (secondary N) is 1. The molecule has 1 saturated heterocycles. The molecule has 2 aliphatic rings. The molecule has 0 unspecified atom stereocenters. The van der Waals surface area contributed by atoms with E-state index in [1.807, 2.05) is 23.1 Å². The zero-order valence-corrected chi connectivity index (χ0v) is 13.7. The minimum Gasteiger partial charge on any atom is -0.353 e. The van der Waals surface area contributed by atoms with Gasteiger partial charge in [-0.25, -0.2) is 0 Å². The summed E-state index contributed by atoms with van der Waals surface area (Å²) in [6, 6.07) is 10.3. The Labute approximate surface area is 138 Å². The first-order chi connectivity index (χ1) is 11.2. The Bertz CT molecular complexity index is 532. The van der Waals surface area contributed by atoms with E-state index < -0.39 is 0 Å². The first kappa shape index (κ1) is 16.0. The summed E-state index contributed by atoms with van der Waals surface area (Å²) in [7, 11) is 0. The van der Waals surface area contributed by atoms with Gasteiger partial charge in [-0.15, -0.1) is 0 Å². The fourth-order valence-corrected chi connectivity index (χ4v) is 3.36. The Morgan fingerprint density at radius 1 is 1.04 bits per heavy atom. The first-order valence-electron chi connectivity index (χ1n) is 8.84. The van der Waals surface area contributed by atoms with E-state index in [0.29, 0.717) is 12.3 Å². The highest BCUT2D eigenvalue weighted by Gasteiger charge is 2.31. The van der Waals surface area contributed by atoms with Crippen LogP contribution < -0.4 is 5.32 Å². The molecule has 4 nitrogen and oxygen atoms in total. The molecule has 0 spiro atoms. The first-order valence-corrected chi connectivity index (χ1v) is 8.84. The third kappa shape index (κ3) is 4.34. The van der Waals surface area contributed by atoms with Crippen molar-refractivity contribution < 1.29 is 9.59 Å². The lowest BCUT2D eigenvalue weighted by Crippen LogP contribution is -2.48. The Kier molecular flexibility index (Phi) is 5.31. The molecule has 124 valence electrons. The molecule has 1 heterocycles. The predicted octanol–water partition coefficient (Wildman–Crippen LogP) is 2.53. The van der Waals surface area contributed by atoms with Gasteiger partial charge < -0.3 is 10.2 Å². The Hall–Kier alpha value is -1.84. The Morgan fingerprint density at radius 3 is 2.35 bits per heavy atom. The summed E-state index contributed by atoms with van der Waals surface area (Å²) >= 11 is 0. The summed E-state index contributed by atoms with van der Waals surface area (Å²) in [5.41, 5.74) is 1.20. The molecule has 4 heteroatoms. The van der Waals surface area contributed by atoms with Crippen LogP contribution in [0.4, 0.5) is 0 Å². The number of rotatable bonds is 5. The zero-order valence-electron chi connectivity index (χ0n) is 13.7. The second kappa shape index (κ2) is 7.62. The van der Waals surface area contributed by atoms with Gasteiger partial charge in [0, 0.05) is 31.5 Å². The van der Waals surface area contributed by atoms with Gasteiger partial charge in [0.15, 0.2) is 0 Å². The Balaban J connectivity index is 1.36. The normalized spacial score (nSPS) is 19.2. The number of aryl methyl sites for hydroxylation is 1. The van der Waals surface area contributed by atoms with Gasteiger partial charge in [-0.05, 0) is 37.7 Å². The van der Waals surface area contributed by atoms with E-state index in [0.717, 1.165) is 45.2 Å². The second-order valence-electron chi connectivity index (χ2n) is 6.78. The molecule has 0 aromatic heterocycles. The van der Waals surface area contributed by atoms with E-state index in [-0.39, 0.29) is 17.9 Å². The van der Waals surface area contributed by atoms with Crippen LogP contribution >= 0.6 is 0 Å². The van der Waals surface area contributed by atoms with Crippen LogP contribution in [0.5, 0.6) is 0 Å². The molecule has 2 fully saturated rings. The van der Waals surface area contributed by atoms with Gasteiger partial charge in [0.25, 0.3) is 0 Å². The average molecular weight is 314 g/mol. The van der Waals surface area contributed by atoms with Crippen molar-refractivity contribution in [3.8, 4) is 0 Å². The van der Waals surface area contributed by atoms with Crippen LogP contribution in [0.2, 0.25) is 0 Å². The minimum absolute atomic E-state index is 0.123. The smallest absolute Gasteiger partial charge is 0.225 e. The summed E-state index contributed by atoms with van der Waals surface area (Å²) < 4.78 is 0. The van der Waals surface area contributed by atoms with Gasteiger partial charge in [-0.1, -0.05) is 36.8 Å². The van der Waals surface area contributed by atoms with Crippen molar-refractivity contribution in [1.29, 1.82) is 0 Å². The number of benzene rings is 1. The fourth-order valence-electron chi connectivity index (χ4n) is 3.36. The van der Waals surface area contributed by atoms with Crippen LogP contribution in [0.1, 0.15) is 44.1 Å². The van der Waals surface area contributed by atoms with E-state index in [4.69, 9.17) is 0 Å². The zero-order chi connectivity index (χ0) is 16.1. The van der Waals surface area contributed by atoms with Crippen LogP contribution in [0.15, 0.2) is 30.3 Å². The standard InChI is InChI=1S/C19H26N2O2/c22-18(10-9-15-5-2-1-3-6-15)20-17-11-13-21(14-12-17)19(23)16-7-4-8-16/h1-3,5-6,16-17H,4,7-14H2,(H,20,22). The molecule has 1 aromatic rings. The second-order valence-corrected chi connectivity index (χ2v) is 6.78. The summed E-state index contributed by atoms with van der Waals surface area (Å²) in [6.07, 6.45) is 6.41. The van der Waals surface area contributed by atoms with Gasteiger partial charge in [0.2, 0.25) is 11.8 Å². The van der Waals surface area contributed by atoms with Crippen LogP contribution in [0, 0.1) is 5.92 Å². The van der Waals surface area contributed by atoms with E-state index in [1.54, 1.807) is 0 Å². The van der Waals surface area contributed by atoms with Gasteiger partial charge >= 0.3 is 0 Å². The molecular formula is C19H26N2O2. The molecule has 0 atom stereocenters. The number of nitrogens with zero attached hydrogens (tertiary/aromatic N) is 1. The van der Waals surface area contributed by atoms with Crippen LogP contribution in [0.3, 0.4) is 0 Å². The van der Waals surface area contributed by atoms with Crippen LogP contribution in [0.25, 0.3) is 0 Å². The highest BCUT2D eigenvalue weighted by atomic mass is 16.2. The molecule has 1 aromatic carbocycles. The number of amides is 2. The van der Waals surface area contributed by atoms with Crippen LogP contribution in [-0.4, -0.2) is 35.8 Å². The van der Waals surface area contributed by atoms with E-state index in [2.05, 4.69) is 17.4 Å². The highest BCUT2D eigenvalue weighted by Crippen LogP contribution is 2.29. The van der Waals surface area contributed by atoms with E-state index in [9.17, 15) is 9.59 Å². The molecule has 1 saturated carbocycles. The maximum Gasteiger partial charge on any atom is 0.225 e. The van der Waals surface area contributed by atoms with Crippen molar-refractivity contribution in [3.63, 3.8) is 0 Å². The summed E-state index contributed by atoms with van der Waals surface area (Å²) in [5, 5.41) is 3.13. The third-order valence-electron chi connectivity index (χ3n) is 5.11. The van der Waals surface area contributed by atoms with Crippen molar-refractivity contribution >= 4 is 11.8 Å². The van der Waals surface area contributed by atoms with Crippen molar-refractivity contribution in [2.75, 3.05) is 13.1 Å². The number of likely N-dealkylation sites (tertiary alicyclic amines) is 1. The highest BCUT2D eigenvalue weighted by molar-refractivity contribution is 5.80. The van der Waals surface area contributed by atoms with Crippen molar-refractivity contribution in [2.45, 2.75) is 51.0 Å². The minimum atomic E-state index is 0.123.